The highest BCUT2D eigenvalue weighted by Gasteiger charge is 2.40. The number of rotatable bonds is 8. The summed E-state index contributed by atoms with van der Waals surface area (Å²) in [7, 11) is 0. The van der Waals surface area contributed by atoms with Gasteiger partial charge in [0.15, 0.2) is 0 Å². The molecular formula is C27H33ClN2OS. The summed E-state index contributed by atoms with van der Waals surface area (Å²) in [6.07, 6.45) is 2.56. The van der Waals surface area contributed by atoms with Crippen molar-refractivity contribution in [3.8, 4) is 0 Å². The lowest BCUT2D eigenvalue weighted by Crippen LogP contribution is -2.23. The highest BCUT2D eigenvalue weighted by Crippen LogP contribution is 2.53. The molecule has 0 radical (unpaired) electrons. The number of aromatic nitrogens is 1. The summed E-state index contributed by atoms with van der Waals surface area (Å²) in [4.78, 5) is 13.7. The first-order valence-electron chi connectivity index (χ1n) is 11.5. The first kappa shape index (κ1) is 23.3. The standard InChI is InChI=1S/C27H33ClN2OS/c1-16(2)19-8-13-23-22(14-19)25(32-27(4,5)20-9-10-20)24(17(3)26(29)31)30(23)15-18-6-11-21(28)12-7-18/h6-8,11-14,16-17,20H,9-10,15H2,1-5H3,(H2,29,31). The fourth-order valence-corrected chi connectivity index (χ4v) is 6.18. The Balaban J connectivity index is 1.95. The molecule has 0 aliphatic heterocycles. The monoisotopic (exact) mass is 468 g/mol. The summed E-state index contributed by atoms with van der Waals surface area (Å²) in [5, 5.41) is 1.95. The lowest BCUT2D eigenvalue weighted by Gasteiger charge is -2.25. The molecule has 1 unspecified atom stereocenters. The van der Waals surface area contributed by atoms with Crippen LogP contribution in [0.3, 0.4) is 0 Å². The fourth-order valence-electron chi connectivity index (χ4n) is 4.46. The van der Waals surface area contributed by atoms with E-state index in [0.29, 0.717) is 18.4 Å². The molecule has 1 fully saturated rings. The van der Waals surface area contributed by atoms with Crippen molar-refractivity contribution in [2.45, 2.75) is 75.5 Å². The number of halogens is 1. The highest BCUT2D eigenvalue weighted by atomic mass is 35.5. The van der Waals surface area contributed by atoms with Gasteiger partial charge in [0.25, 0.3) is 0 Å². The molecule has 0 spiro atoms. The third kappa shape index (κ3) is 4.58. The maximum Gasteiger partial charge on any atom is 0.226 e. The average Bonchev–Trinajstić information content (AvgIpc) is 3.56. The number of carbonyl (C=O) groups excluding carboxylic acids is 1. The van der Waals surface area contributed by atoms with Crippen LogP contribution in [-0.2, 0) is 11.3 Å². The molecule has 1 amide bonds. The Hall–Kier alpha value is -1.91. The van der Waals surface area contributed by atoms with E-state index in [1.54, 1.807) is 0 Å². The second kappa shape index (κ2) is 8.79. The van der Waals surface area contributed by atoms with Crippen LogP contribution in [0.15, 0.2) is 47.4 Å². The zero-order valence-corrected chi connectivity index (χ0v) is 21.2. The minimum absolute atomic E-state index is 0.110. The van der Waals surface area contributed by atoms with E-state index >= 15 is 0 Å². The van der Waals surface area contributed by atoms with Crippen molar-refractivity contribution in [1.29, 1.82) is 0 Å². The second-order valence-corrected chi connectivity index (χ2v) is 12.1. The van der Waals surface area contributed by atoms with Gasteiger partial charge in [-0.15, -0.1) is 11.8 Å². The molecule has 1 aliphatic rings. The van der Waals surface area contributed by atoms with Gasteiger partial charge in [0.2, 0.25) is 5.91 Å². The quantitative estimate of drug-likeness (QED) is 0.351. The highest BCUT2D eigenvalue weighted by molar-refractivity contribution is 8.01. The Bertz CT molecular complexity index is 1140. The topological polar surface area (TPSA) is 48.0 Å². The number of fused-ring (bicyclic) bond motifs is 1. The van der Waals surface area contributed by atoms with Crippen LogP contribution >= 0.6 is 23.4 Å². The molecule has 2 N–H and O–H groups in total. The predicted molar refractivity (Wildman–Crippen MR) is 137 cm³/mol. The zero-order valence-electron chi connectivity index (χ0n) is 19.6. The third-order valence-electron chi connectivity index (χ3n) is 6.76. The maximum atomic E-state index is 12.4. The first-order chi connectivity index (χ1) is 15.1. The van der Waals surface area contributed by atoms with Crippen molar-refractivity contribution in [2.24, 2.45) is 11.7 Å². The van der Waals surface area contributed by atoms with Crippen LogP contribution in [-0.4, -0.2) is 15.2 Å². The molecule has 2 aromatic carbocycles. The molecule has 4 rings (SSSR count). The van der Waals surface area contributed by atoms with E-state index < -0.39 is 0 Å². The molecule has 1 atom stereocenters. The lowest BCUT2D eigenvalue weighted by atomic mass is 10.0. The van der Waals surface area contributed by atoms with Gasteiger partial charge in [0.1, 0.15) is 0 Å². The smallest absolute Gasteiger partial charge is 0.226 e. The Morgan fingerprint density at radius 3 is 2.38 bits per heavy atom. The Morgan fingerprint density at radius 2 is 1.81 bits per heavy atom. The van der Waals surface area contributed by atoms with Gasteiger partial charge in [-0.1, -0.05) is 57.5 Å². The van der Waals surface area contributed by atoms with Crippen molar-refractivity contribution < 1.29 is 4.79 Å². The van der Waals surface area contributed by atoms with Gasteiger partial charge in [-0.05, 0) is 67.0 Å². The minimum atomic E-state index is -0.380. The van der Waals surface area contributed by atoms with Crippen LogP contribution in [0.25, 0.3) is 10.9 Å². The van der Waals surface area contributed by atoms with Gasteiger partial charge in [-0.3, -0.25) is 4.79 Å². The molecule has 170 valence electrons. The molecule has 0 saturated heterocycles. The molecule has 3 nitrogen and oxygen atoms in total. The molecule has 3 aromatic rings. The minimum Gasteiger partial charge on any atom is -0.369 e. The summed E-state index contributed by atoms with van der Waals surface area (Å²) in [5.41, 5.74) is 10.5. The van der Waals surface area contributed by atoms with Crippen LogP contribution in [0.4, 0.5) is 0 Å². The van der Waals surface area contributed by atoms with E-state index in [9.17, 15) is 4.79 Å². The number of hydrogen-bond donors (Lipinski definition) is 1. The van der Waals surface area contributed by atoms with Crippen LogP contribution < -0.4 is 5.73 Å². The van der Waals surface area contributed by atoms with Gasteiger partial charge in [0, 0.05) is 37.8 Å². The number of nitrogens with two attached hydrogens (primary N) is 1. The largest absolute Gasteiger partial charge is 0.369 e. The number of nitrogens with zero attached hydrogens (tertiary/aromatic N) is 1. The van der Waals surface area contributed by atoms with E-state index in [1.807, 2.05) is 30.8 Å². The lowest BCUT2D eigenvalue weighted by molar-refractivity contribution is -0.119. The van der Waals surface area contributed by atoms with Crippen molar-refractivity contribution in [3.63, 3.8) is 0 Å². The normalized spacial score (nSPS) is 15.5. The Labute approximate surface area is 200 Å². The summed E-state index contributed by atoms with van der Waals surface area (Å²) in [5.74, 6) is 0.479. The summed E-state index contributed by atoms with van der Waals surface area (Å²) >= 11 is 8.04. The average molecular weight is 469 g/mol. The molecule has 1 aliphatic carbocycles. The molecule has 0 bridgehead atoms. The maximum absolute atomic E-state index is 12.4. The van der Waals surface area contributed by atoms with Crippen molar-refractivity contribution >= 4 is 40.2 Å². The molecule has 1 saturated carbocycles. The molecule has 1 heterocycles. The number of primary amides is 1. The number of carbonyl (C=O) groups is 1. The second-order valence-electron chi connectivity index (χ2n) is 9.96. The summed E-state index contributed by atoms with van der Waals surface area (Å²) in [6, 6.07) is 14.7. The van der Waals surface area contributed by atoms with E-state index in [-0.39, 0.29) is 16.6 Å². The summed E-state index contributed by atoms with van der Waals surface area (Å²) in [6.45, 7) is 11.7. The van der Waals surface area contributed by atoms with Crippen LogP contribution in [0.2, 0.25) is 5.02 Å². The van der Waals surface area contributed by atoms with Crippen LogP contribution in [0, 0.1) is 5.92 Å². The number of amides is 1. The van der Waals surface area contributed by atoms with E-state index in [4.69, 9.17) is 17.3 Å². The Kier molecular flexibility index (Phi) is 6.39. The van der Waals surface area contributed by atoms with Gasteiger partial charge in [0.05, 0.1) is 5.92 Å². The molecule has 5 heteroatoms. The van der Waals surface area contributed by atoms with E-state index in [2.05, 4.69) is 62.6 Å². The van der Waals surface area contributed by atoms with Gasteiger partial charge in [-0.25, -0.2) is 0 Å². The molecule has 1 aromatic heterocycles. The van der Waals surface area contributed by atoms with Crippen molar-refractivity contribution in [2.75, 3.05) is 0 Å². The van der Waals surface area contributed by atoms with Gasteiger partial charge < -0.3 is 10.3 Å². The predicted octanol–water partition coefficient (Wildman–Crippen LogP) is 7.34. The first-order valence-corrected chi connectivity index (χ1v) is 12.7. The van der Waals surface area contributed by atoms with Gasteiger partial charge in [-0.2, -0.15) is 0 Å². The number of thioether (sulfide) groups is 1. The zero-order chi connectivity index (χ0) is 23.2. The molecular weight excluding hydrogens is 436 g/mol. The van der Waals surface area contributed by atoms with Gasteiger partial charge >= 0.3 is 0 Å². The van der Waals surface area contributed by atoms with Crippen LogP contribution in [0.1, 0.15) is 76.1 Å². The van der Waals surface area contributed by atoms with Crippen LogP contribution in [0.5, 0.6) is 0 Å². The number of hydrogen-bond acceptors (Lipinski definition) is 2. The number of benzene rings is 2. The summed E-state index contributed by atoms with van der Waals surface area (Å²) < 4.78 is 2.41. The van der Waals surface area contributed by atoms with E-state index in [0.717, 1.165) is 21.8 Å². The van der Waals surface area contributed by atoms with Crippen molar-refractivity contribution in [1.82, 2.24) is 4.57 Å². The molecule has 32 heavy (non-hydrogen) atoms. The van der Waals surface area contributed by atoms with E-state index in [1.165, 1.54) is 28.7 Å². The third-order valence-corrected chi connectivity index (χ3v) is 8.51. The SMILES string of the molecule is CC(C)c1ccc2c(c1)c(SC(C)(C)C1CC1)c(C(C)C(N)=O)n2Cc1ccc(Cl)cc1. The fraction of sp³-hybridized carbons (Fsp3) is 0.444. The van der Waals surface area contributed by atoms with Crippen molar-refractivity contribution in [3.05, 3.63) is 64.3 Å². The Morgan fingerprint density at radius 1 is 1.16 bits per heavy atom.